The standard InChI is InChI=1S/C14H20N2O3/c1-4-16(5-2)13(18)9-15-14(19)11-8-10(3)6-7-12(11)17/h6-8,17H,4-5,9H2,1-3H3,(H,15,19). The summed E-state index contributed by atoms with van der Waals surface area (Å²) in [5, 5.41) is 12.1. The van der Waals surface area contributed by atoms with E-state index in [0.717, 1.165) is 5.56 Å². The normalized spacial score (nSPS) is 10.1. The summed E-state index contributed by atoms with van der Waals surface area (Å²) in [7, 11) is 0. The second-order valence-corrected chi connectivity index (χ2v) is 4.27. The molecule has 0 atom stereocenters. The number of phenolic OH excluding ortho intramolecular Hbond substituents is 1. The number of hydrogen-bond donors (Lipinski definition) is 2. The van der Waals surface area contributed by atoms with E-state index < -0.39 is 5.91 Å². The summed E-state index contributed by atoms with van der Waals surface area (Å²) in [5.41, 5.74) is 1.06. The van der Waals surface area contributed by atoms with Crippen LogP contribution in [0.4, 0.5) is 0 Å². The van der Waals surface area contributed by atoms with E-state index in [2.05, 4.69) is 5.32 Å². The number of benzene rings is 1. The molecule has 0 fully saturated rings. The number of aryl methyl sites for hydroxylation is 1. The highest BCUT2D eigenvalue weighted by atomic mass is 16.3. The third-order valence-corrected chi connectivity index (χ3v) is 2.91. The summed E-state index contributed by atoms with van der Waals surface area (Å²) in [6.07, 6.45) is 0. The van der Waals surface area contributed by atoms with Gasteiger partial charge in [-0.1, -0.05) is 11.6 Å². The number of carbonyl (C=O) groups is 2. The third-order valence-electron chi connectivity index (χ3n) is 2.91. The van der Waals surface area contributed by atoms with Gasteiger partial charge in [-0.25, -0.2) is 0 Å². The Morgan fingerprint density at radius 2 is 1.89 bits per heavy atom. The van der Waals surface area contributed by atoms with Crippen molar-refractivity contribution in [2.45, 2.75) is 20.8 Å². The van der Waals surface area contributed by atoms with Crippen molar-refractivity contribution >= 4 is 11.8 Å². The maximum Gasteiger partial charge on any atom is 0.255 e. The number of amides is 2. The Kier molecular flexibility index (Phi) is 5.36. The van der Waals surface area contributed by atoms with Gasteiger partial charge in [0.25, 0.3) is 5.91 Å². The zero-order valence-corrected chi connectivity index (χ0v) is 11.6. The van der Waals surface area contributed by atoms with Crippen molar-refractivity contribution in [2.75, 3.05) is 19.6 Å². The van der Waals surface area contributed by atoms with Crippen molar-refractivity contribution < 1.29 is 14.7 Å². The van der Waals surface area contributed by atoms with E-state index in [1.165, 1.54) is 6.07 Å². The van der Waals surface area contributed by atoms with Crippen LogP contribution in [0.3, 0.4) is 0 Å². The molecule has 0 heterocycles. The smallest absolute Gasteiger partial charge is 0.255 e. The lowest BCUT2D eigenvalue weighted by atomic mass is 10.1. The van der Waals surface area contributed by atoms with Crippen molar-refractivity contribution in [3.05, 3.63) is 29.3 Å². The van der Waals surface area contributed by atoms with Gasteiger partial charge in [0.1, 0.15) is 5.75 Å². The van der Waals surface area contributed by atoms with Gasteiger partial charge in [0.2, 0.25) is 5.91 Å². The van der Waals surface area contributed by atoms with E-state index in [4.69, 9.17) is 0 Å². The first kappa shape index (κ1) is 15.0. The summed E-state index contributed by atoms with van der Waals surface area (Å²) in [4.78, 5) is 25.3. The molecule has 0 saturated heterocycles. The predicted molar refractivity (Wildman–Crippen MR) is 73.1 cm³/mol. The molecule has 1 aromatic rings. The Bertz CT molecular complexity index is 468. The van der Waals surface area contributed by atoms with E-state index in [0.29, 0.717) is 13.1 Å². The average molecular weight is 264 g/mol. The Morgan fingerprint density at radius 3 is 2.47 bits per heavy atom. The maximum absolute atomic E-state index is 11.9. The zero-order chi connectivity index (χ0) is 14.4. The molecule has 5 nitrogen and oxygen atoms in total. The largest absolute Gasteiger partial charge is 0.507 e. The fourth-order valence-corrected chi connectivity index (χ4v) is 1.77. The molecule has 5 heteroatoms. The summed E-state index contributed by atoms with van der Waals surface area (Å²) in [6.45, 7) is 6.76. The molecular formula is C14H20N2O3. The van der Waals surface area contributed by atoms with Crippen molar-refractivity contribution in [1.82, 2.24) is 10.2 Å². The van der Waals surface area contributed by atoms with Crippen LogP contribution >= 0.6 is 0 Å². The van der Waals surface area contributed by atoms with Crippen LogP contribution in [0.25, 0.3) is 0 Å². The van der Waals surface area contributed by atoms with E-state index in [9.17, 15) is 14.7 Å². The number of rotatable bonds is 5. The number of likely N-dealkylation sites (N-methyl/N-ethyl adjacent to an activating group) is 1. The van der Waals surface area contributed by atoms with Gasteiger partial charge in [-0.3, -0.25) is 9.59 Å². The highest BCUT2D eigenvalue weighted by molar-refractivity contribution is 5.98. The predicted octanol–water partition coefficient (Wildman–Crippen LogP) is 1.30. The minimum atomic E-state index is -0.443. The molecule has 0 radical (unpaired) electrons. The second kappa shape index (κ2) is 6.78. The Balaban J connectivity index is 2.65. The minimum absolute atomic E-state index is 0.0616. The van der Waals surface area contributed by atoms with E-state index in [1.807, 2.05) is 20.8 Å². The molecule has 19 heavy (non-hydrogen) atoms. The molecule has 2 amide bonds. The summed E-state index contributed by atoms with van der Waals surface area (Å²) in [6, 6.07) is 4.77. The lowest BCUT2D eigenvalue weighted by Crippen LogP contribution is -2.40. The van der Waals surface area contributed by atoms with Crippen LogP contribution in [-0.4, -0.2) is 41.5 Å². The Morgan fingerprint density at radius 1 is 1.26 bits per heavy atom. The number of nitrogens with one attached hydrogen (secondary N) is 1. The van der Waals surface area contributed by atoms with Gasteiger partial charge in [-0.15, -0.1) is 0 Å². The highest BCUT2D eigenvalue weighted by Gasteiger charge is 2.14. The SMILES string of the molecule is CCN(CC)C(=O)CNC(=O)c1cc(C)ccc1O. The molecule has 1 aromatic carbocycles. The summed E-state index contributed by atoms with van der Waals surface area (Å²) >= 11 is 0. The first-order chi connectivity index (χ1) is 8.99. The van der Waals surface area contributed by atoms with Crippen LogP contribution in [-0.2, 0) is 4.79 Å². The number of phenols is 1. The van der Waals surface area contributed by atoms with Gasteiger partial charge in [-0.2, -0.15) is 0 Å². The highest BCUT2D eigenvalue weighted by Crippen LogP contribution is 2.17. The van der Waals surface area contributed by atoms with E-state index in [-0.39, 0.29) is 23.8 Å². The molecule has 0 spiro atoms. The van der Waals surface area contributed by atoms with Gasteiger partial charge in [0.05, 0.1) is 12.1 Å². The second-order valence-electron chi connectivity index (χ2n) is 4.27. The topological polar surface area (TPSA) is 69.6 Å². The first-order valence-corrected chi connectivity index (χ1v) is 6.35. The zero-order valence-electron chi connectivity index (χ0n) is 11.6. The molecule has 2 N–H and O–H groups in total. The molecule has 0 unspecified atom stereocenters. The molecule has 1 rings (SSSR count). The Labute approximate surface area is 113 Å². The summed E-state index contributed by atoms with van der Waals surface area (Å²) in [5.74, 6) is -0.661. The van der Waals surface area contributed by atoms with Crippen LogP contribution in [0.1, 0.15) is 29.8 Å². The number of carbonyl (C=O) groups excluding carboxylic acids is 2. The fraction of sp³-hybridized carbons (Fsp3) is 0.429. The van der Waals surface area contributed by atoms with Gasteiger partial charge in [-0.05, 0) is 32.9 Å². The quantitative estimate of drug-likeness (QED) is 0.842. The van der Waals surface area contributed by atoms with Gasteiger partial charge >= 0.3 is 0 Å². The lowest BCUT2D eigenvalue weighted by Gasteiger charge is -2.18. The fourth-order valence-electron chi connectivity index (χ4n) is 1.77. The number of nitrogens with zero attached hydrogens (tertiary/aromatic N) is 1. The summed E-state index contributed by atoms with van der Waals surface area (Å²) < 4.78 is 0. The maximum atomic E-state index is 11.9. The van der Waals surface area contributed by atoms with Crippen LogP contribution < -0.4 is 5.32 Å². The van der Waals surface area contributed by atoms with Crippen LogP contribution in [0, 0.1) is 6.92 Å². The molecule has 0 aliphatic carbocycles. The molecule has 0 bridgehead atoms. The van der Waals surface area contributed by atoms with Gasteiger partial charge in [0.15, 0.2) is 0 Å². The van der Waals surface area contributed by atoms with Crippen molar-refractivity contribution in [3.63, 3.8) is 0 Å². The third kappa shape index (κ3) is 3.98. The molecular weight excluding hydrogens is 244 g/mol. The first-order valence-electron chi connectivity index (χ1n) is 6.35. The lowest BCUT2D eigenvalue weighted by molar-refractivity contribution is -0.129. The van der Waals surface area contributed by atoms with Crippen molar-refractivity contribution in [1.29, 1.82) is 0 Å². The molecule has 0 saturated carbocycles. The number of aromatic hydroxyl groups is 1. The Hall–Kier alpha value is -2.04. The van der Waals surface area contributed by atoms with Gasteiger partial charge in [0, 0.05) is 13.1 Å². The van der Waals surface area contributed by atoms with Crippen molar-refractivity contribution in [3.8, 4) is 5.75 Å². The van der Waals surface area contributed by atoms with Crippen LogP contribution in [0.2, 0.25) is 0 Å². The van der Waals surface area contributed by atoms with E-state index in [1.54, 1.807) is 17.0 Å². The minimum Gasteiger partial charge on any atom is -0.507 e. The average Bonchev–Trinajstić information content (AvgIpc) is 2.40. The monoisotopic (exact) mass is 264 g/mol. The van der Waals surface area contributed by atoms with E-state index >= 15 is 0 Å². The number of hydrogen-bond acceptors (Lipinski definition) is 3. The van der Waals surface area contributed by atoms with Crippen molar-refractivity contribution in [2.24, 2.45) is 0 Å². The van der Waals surface area contributed by atoms with Crippen LogP contribution in [0.5, 0.6) is 5.75 Å². The molecule has 0 aliphatic heterocycles. The van der Waals surface area contributed by atoms with Gasteiger partial charge < -0.3 is 15.3 Å². The molecule has 104 valence electrons. The molecule has 0 aromatic heterocycles. The van der Waals surface area contributed by atoms with Crippen LogP contribution in [0.15, 0.2) is 18.2 Å². The molecule has 0 aliphatic rings.